The van der Waals surface area contributed by atoms with Gasteiger partial charge in [-0.05, 0) is 44.6 Å². The predicted octanol–water partition coefficient (Wildman–Crippen LogP) is 3.02. The predicted molar refractivity (Wildman–Crippen MR) is 84.8 cm³/mol. The fourth-order valence-electron chi connectivity index (χ4n) is 2.64. The Morgan fingerprint density at radius 2 is 2.09 bits per heavy atom. The zero-order valence-electron chi connectivity index (χ0n) is 13.7. The molecule has 0 radical (unpaired) electrons. The third-order valence-electron chi connectivity index (χ3n) is 3.99. The summed E-state index contributed by atoms with van der Waals surface area (Å²) in [6, 6.07) is 0. The van der Waals surface area contributed by atoms with Crippen LogP contribution < -0.4 is 0 Å². The molecule has 0 N–H and O–H groups in total. The van der Waals surface area contributed by atoms with Gasteiger partial charge < -0.3 is 14.2 Å². The monoisotopic (exact) mass is 325 g/mol. The lowest BCUT2D eigenvalue weighted by molar-refractivity contribution is -0.162. The van der Waals surface area contributed by atoms with E-state index in [0.717, 1.165) is 63.1 Å². The Labute approximate surface area is 137 Å². The number of allylic oxidation sites excluding steroid dienone is 1. The molecule has 0 saturated carbocycles. The Bertz CT molecular complexity index is 404. The third-order valence-corrected chi connectivity index (χ3v) is 3.99. The molecule has 6 nitrogen and oxygen atoms in total. The summed E-state index contributed by atoms with van der Waals surface area (Å²) >= 11 is 0. The van der Waals surface area contributed by atoms with E-state index < -0.39 is 6.09 Å². The second-order valence-corrected chi connectivity index (χ2v) is 5.88. The van der Waals surface area contributed by atoms with Crippen molar-refractivity contribution in [1.82, 2.24) is 4.90 Å². The first-order valence-electron chi connectivity index (χ1n) is 8.65. The lowest BCUT2D eigenvalue weighted by atomic mass is 10.1. The molecule has 2 heterocycles. The number of ether oxygens (including phenoxy) is 3. The van der Waals surface area contributed by atoms with Gasteiger partial charge in [0.25, 0.3) is 5.91 Å². The molecule has 0 aliphatic carbocycles. The number of imide groups is 1. The van der Waals surface area contributed by atoms with E-state index in [2.05, 4.69) is 0 Å². The number of cyclic esters (lactones) is 1. The van der Waals surface area contributed by atoms with Crippen LogP contribution >= 0.6 is 0 Å². The molecule has 23 heavy (non-hydrogen) atoms. The molecule has 6 heteroatoms. The van der Waals surface area contributed by atoms with E-state index in [4.69, 9.17) is 14.2 Å². The van der Waals surface area contributed by atoms with Crippen LogP contribution in [0.4, 0.5) is 4.79 Å². The minimum absolute atomic E-state index is 0.00923. The van der Waals surface area contributed by atoms with Crippen molar-refractivity contribution in [2.45, 2.75) is 57.7 Å². The highest BCUT2D eigenvalue weighted by molar-refractivity contribution is 5.99. The van der Waals surface area contributed by atoms with E-state index in [9.17, 15) is 9.59 Å². The number of amides is 2. The summed E-state index contributed by atoms with van der Waals surface area (Å²) in [4.78, 5) is 24.0. The molecule has 2 rings (SSSR count). The number of hydrogen-bond acceptors (Lipinski definition) is 5. The van der Waals surface area contributed by atoms with Crippen molar-refractivity contribution in [3.8, 4) is 0 Å². The molecule has 0 aromatic rings. The van der Waals surface area contributed by atoms with Crippen molar-refractivity contribution in [1.29, 1.82) is 0 Å². The Balaban J connectivity index is 1.42. The van der Waals surface area contributed by atoms with Crippen molar-refractivity contribution in [3.63, 3.8) is 0 Å². The molecule has 0 aromatic heterocycles. The number of carbonyl (C=O) groups excluding carboxylic acids is 2. The topological polar surface area (TPSA) is 65.1 Å². The van der Waals surface area contributed by atoms with E-state index in [0.29, 0.717) is 13.2 Å². The molecular formula is C17H27NO5. The van der Waals surface area contributed by atoms with Crippen LogP contribution in [0.25, 0.3) is 0 Å². The molecule has 0 bridgehead atoms. The first kappa shape index (κ1) is 17.9. The van der Waals surface area contributed by atoms with Crippen LogP contribution in [-0.4, -0.2) is 49.6 Å². The molecule has 0 spiro atoms. The van der Waals surface area contributed by atoms with Gasteiger partial charge >= 0.3 is 6.09 Å². The standard InChI is InChI=1S/C17H27NO5/c19-15(18-11-14-23-17(18)20)9-5-3-1-2-4-7-12-21-16-10-6-8-13-22-16/h5,9,16H,1-4,6-8,10-14H2/b9-5+. The van der Waals surface area contributed by atoms with Gasteiger partial charge in [-0.2, -0.15) is 0 Å². The van der Waals surface area contributed by atoms with Crippen molar-refractivity contribution < 1.29 is 23.8 Å². The van der Waals surface area contributed by atoms with Gasteiger partial charge in [-0.25, -0.2) is 9.69 Å². The minimum Gasteiger partial charge on any atom is -0.447 e. The summed E-state index contributed by atoms with van der Waals surface area (Å²) in [5.74, 6) is -0.284. The van der Waals surface area contributed by atoms with Crippen molar-refractivity contribution in [2.24, 2.45) is 0 Å². The molecule has 2 saturated heterocycles. The SMILES string of the molecule is O=C(/C=C/CCCCCCOC1CCCCO1)N1CCOC1=O. The largest absolute Gasteiger partial charge is 0.447 e. The molecule has 1 atom stereocenters. The zero-order chi connectivity index (χ0) is 16.3. The van der Waals surface area contributed by atoms with Crippen LogP contribution in [0.15, 0.2) is 12.2 Å². The highest BCUT2D eigenvalue weighted by Gasteiger charge is 2.26. The fraction of sp³-hybridized carbons (Fsp3) is 0.765. The van der Waals surface area contributed by atoms with Gasteiger partial charge in [0.2, 0.25) is 0 Å². The van der Waals surface area contributed by atoms with E-state index in [1.165, 1.54) is 12.5 Å². The Morgan fingerprint density at radius 1 is 1.22 bits per heavy atom. The summed E-state index contributed by atoms with van der Waals surface area (Å²) in [7, 11) is 0. The number of hydrogen-bond donors (Lipinski definition) is 0. The van der Waals surface area contributed by atoms with Gasteiger partial charge in [0.05, 0.1) is 6.54 Å². The van der Waals surface area contributed by atoms with Gasteiger partial charge in [-0.3, -0.25) is 4.79 Å². The number of nitrogens with zero attached hydrogens (tertiary/aromatic N) is 1. The first-order chi connectivity index (χ1) is 11.3. The van der Waals surface area contributed by atoms with Gasteiger partial charge in [0.1, 0.15) is 6.61 Å². The normalized spacial score (nSPS) is 21.8. The molecule has 2 aliphatic heterocycles. The van der Waals surface area contributed by atoms with Gasteiger partial charge in [0.15, 0.2) is 6.29 Å². The maximum atomic E-state index is 11.7. The minimum atomic E-state index is -0.540. The van der Waals surface area contributed by atoms with E-state index >= 15 is 0 Å². The second-order valence-electron chi connectivity index (χ2n) is 5.88. The Hall–Kier alpha value is -1.40. The molecule has 2 aliphatic rings. The molecule has 2 fully saturated rings. The van der Waals surface area contributed by atoms with Crippen LogP contribution in [0.3, 0.4) is 0 Å². The Kier molecular flexibility index (Phi) is 8.11. The van der Waals surface area contributed by atoms with Crippen LogP contribution in [0.5, 0.6) is 0 Å². The highest BCUT2D eigenvalue weighted by Crippen LogP contribution is 2.14. The maximum Gasteiger partial charge on any atom is 0.416 e. The van der Waals surface area contributed by atoms with E-state index in [-0.39, 0.29) is 12.2 Å². The lowest BCUT2D eigenvalue weighted by Gasteiger charge is -2.22. The van der Waals surface area contributed by atoms with Crippen molar-refractivity contribution in [2.75, 3.05) is 26.4 Å². The van der Waals surface area contributed by atoms with Crippen molar-refractivity contribution in [3.05, 3.63) is 12.2 Å². The van der Waals surface area contributed by atoms with Gasteiger partial charge in [0, 0.05) is 13.2 Å². The number of rotatable bonds is 9. The van der Waals surface area contributed by atoms with E-state index in [1.54, 1.807) is 0 Å². The smallest absolute Gasteiger partial charge is 0.416 e. The quantitative estimate of drug-likeness (QED) is 0.481. The zero-order valence-corrected chi connectivity index (χ0v) is 13.7. The summed E-state index contributed by atoms with van der Waals surface area (Å²) < 4.78 is 15.9. The average Bonchev–Trinajstić information content (AvgIpc) is 3.00. The van der Waals surface area contributed by atoms with Crippen LogP contribution in [0.2, 0.25) is 0 Å². The first-order valence-corrected chi connectivity index (χ1v) is 8.65. The van der Waals surface area contributed by atoms with Crippen molar-refractivity contribution >= 4 is 12.0 Å². The number of unbranched alkanes of at least 4 members (excludes halogenated alkanes) is 4. The van der Waals surface area contributed by atoms with Crippen LogP contribution in [0.1, 0.15) is 51.4 Å². The molecule has 2 amide bonds. The average molecular weight is 325 g/mol. The van der Waals surface area contributed by atoms with Gasteiger partial charge in [-0.1, -0.05) is 18.9 Å². The molecule has 0 aromatic carbocycles. The lowest BCUT2D eigenvalue weighted by Crippen LogP contribution is -2.29. The Morgan fingerprint density at radius 3 is 2.83 bits per heavy atom. The number of carbonyl (C=O) groups is 2. The fourth-order valence-corrected chi connectivity index (χ4v) is 2.64. The summed E-state index contributed by atoms with van der Waals surface area (Å²) in [6.45, 7) is 2.24. The van der Waals surface area contributed by atoms with Crippen LogP contribution in [-0.2, 0) is 19.0 Å². The highest BCUT2D eigenvalue weighted by atomic mass is 16.7. The molecule has 130 valence electrons. The van der Waals surface area contributed by atoms with Gasteiger partial charge in [-0.15, -0.1) is 0 Å². The van der Waals surface area contributed by atoms with E-state index in [1.807, 2.05) is 6.08 Å². The molecule has 1 unspecified atom stereocenters. The van der Waals surface area contributed by atoms with Crippen LogP contribution in [0, 0.1) is 0 Å². The summed E-state index contributed by atoms with van der Waals surface area (Å²) in [6.07, 6.45) is 11.3. The summed E-state index contributed by atoms with van der Waals surface area (Å²) in [5.41, 5.74) is 0. The third kappa shape index (κ3) is 6.71. The maximum absolute atomic E-state index is 11.7. The second kappa shape index (κ2) is 10.4. The summed E-state index contributed by atoms with van der Waals surface area (Å²) in [5, 5.41) is 0. The molecular weight excluding hydrogens is 298 g/mol.